The molecule has 56 valence electrons. The standard InChI is InChI=1S/C6H8O4/c7-1-4-3-10-6(9)5(4)2-8/h7-8H,1-3H2. The van der Waals surface area contributed by atoms with Gasteiger partial charge in [-0.05, 0) is 0 Å². The van der Waals surface area contributed by atoms with Crippen molar-refractivity contribution in [2.24, 2.45) is 0 Å². The molecule has 0 aromatic rings. The number of carbonyl (C=O) groups is 1. The van der Waals surface area contributed by atoms with Crippen molar-refractivity contribution in [2.45, 2.75) is 0 Å². The molecule has 0 radical (unpaired) electrons. The van der Waals surface area contributed by atoms with Crippen LogP contribution in [0.15, 0.2) is 11.1 Å². The first kappa shape index (κ1) is 7.24. The van der Waals surface area contributed by atoms with Gasteiger partial charge >= 0.3 is 5.97 Å². The molecule has 0 saturated carbocycles. The van der Waals surface area contributed by atoms with Gasteiger partial charge in [0.1, 0.15) is 6.61 Å². The predicted octanol–water partition coefficient (Wildman–Crippen LogP) is -1.18. The van der Waals surface area contributed by atoms with Crippen molar-refractivity contribution in [2.75, 3.05) is 19.8 Å². The second-order valence-corrected chi connectivity index (χ2v) is 1.97. The summed E-state index contributed by atoms with van der Waals surface area (Å²) < 4.78 is 4.53. The third kappa shape index (κ3) is 1.03. The maximum atomic E-state index is 10.6. The smallest absolute Gasteiger partial charge is 0.336 e. The van der Waals surface area contributed by atoms with Crippen molar-refractivity contribution >= 4 is 5.97 Å². The lowest BCUT2D eigenvalue weighted by molar-refractivity contribution is -0.136. The van der Waals surface area contributed by atoms with Gasteiger partial charge in [0.15, 0.2) is 0 Å². The second-order valence-electron chi connectivity index (χ2n) is 1.97. The summed E-state index contributed by atoms with van der Waals surface area (Å²) in [5.41, 5.74) is 0.676. The molecule has 0 fully saturated rings. The minimum atomic E-state index is -0.522. The van der Waals surface area contributed by atoms with E-state index in [0.29, 0.717) is 5.57 Å². The Hall–Kier alpha value is -0.870. The van der Waals surface area contributed by atoms with Gasteiger partial charge in [-0.15, -0.1) is 0 Å². The Morgan fingerprint density at radius 2 is 2.10 bits per heavy atom. The molecule has 10 heavy (non-hydrogen) atoms. The van der Waals surface area contributed by atoms with E-state index >= 15 is 0 Å². The maximum absolute atomic E-state index is 10.6. The van der Waals surface area contributed by atoms with Crippen LogP contribution in [0.1, 0.15) is 0 Å². The average Bonchev–Trinajstić information content (AvgIpc) is 2.30. The minimum Gasteiger partial charge on any atom is -0.458 e. The Morgan fingerprint density at radius 3 is 2.50 bits per heavy atom. The van der Waals surface area contributed by atoms with Gasteiger partial charge < -0.3 is 14.9 Å². The minimum absolute atomic E-state index is 0.116. The van der Waals surface area contributed by atoms with Crippen molar-refractivity contribution in [3.8, 4) is 0 Å². The van der Waals surface area contributed by atoms with Crippen molar-refractivity contribution < 1.29 is 19.7 Å². The van der Waals surface area contributed by atoms with Crippen molar-refractivity contribution in [3.05, 3.63) is 11.1 Å². The fraction of sp³-hybridized carbons (Fsp3) is 0.500. The van der Waals surface area contributed by atoms with Crippen LogP contribution in [0, 0.1) is 0 Å². The zero-order valence-corrected chi connectivity index (χ0v) is 5.33. The van der Waals surface area contributed by atoms with Crippen LogP contribution in [-0.4, -0.2) is 36.0 Å². The van der Waals surface area contributed by atoms with Gasteiger partial charge in [0, 0.05) is 5.57 Å². The van der Waals surface area contributed by atoms with Crippen molar-refractivity contribution in [3.63, 3.8) is 0 Å². The average molecular weight is 144 g/mol. The highest BCUT2D eigenvalue weighted by molar-refractivity contribution is 5.92. The summed E-state index contributed by atoms with van der Waals surface area (Å²) in [6, 6.07) is 0. The van der Waals surface area contributed by atoms with E-state index in [4.69, 9.17) is 10.2 Å². The van der Waals surface area contributed by atoms with Crippen LogP contribution in [0.2, 0.25) is 0 Å². The summed E-state index contributed by atoms with van der Waals surface area (Å²) in [5, 5.41) is 17.2. The third-order valence-electron chi connectivity index (χ3n) is 1.40. The summed E-state index contributed by atoms with van der Waals surface area (Å²) in [4.78, 5) is 10.6. The summed E-state index contributed by atoms with van der Waals surface area (Å²) in [6.45, 7) is -0.457. The van der Waals surface area contributed by atoms with E-state index in [2.05, 4.69) is 4.74 Å². The van der Waals surface area contributed by atoms with Crippen LogP contribution >= 0.6 is 0 Å². The van der Waals surface area contributed by atoms with E-state index in [9.17, 15) is 4.79 Å². The van der Waals surface area contributed by atoms with Gasteiger partial charge in [-0.2, -0.15) is 0 Å². The normalized spacial score (nSPS) is 18.0. The third-order valence-corrected chi connectivity index (χ3v) is 1.40. The van der Waals surface area contributed by atoms with E-state index in [0.717, 1.165) is 0 Å². The van der Waals surface area contributed by atoms with Gasteiger partial charge in [0.2, 0.25) is 0 Å². The Morgan fingerprint density at radius 1 is 1.40 bits per heavy atom. The van der Waals surface area contributed by atoms with E-state index in [1.165, 1.54) is 0 Å². The number of aliphatic hydroxyl groups excluding tert-OH is 2. The topological polar surface area (TPSA) is 66.8 Å². The molecule has 0 bridgehead atoms. The molecule has 0 amide bonds. The fourth-order valence-electron chi connectivity index (χ4n) is 0.789. The van der Waals surface area contributed by atoms with Gasteiger partial charge in [-0.1, -0.05) is 0 Å². The molecule has 0 spiro atoms. The molecule has 0 atom stereocenters. The van der Waals surface area contributed by atoms with Gasteiger partial charge in [0.05, 0.1) is 18.8 Å². The molecular formula is C6H8O4. The molecule has 4 heteroatoms. The number of hydrogen-bond acceptors (Lipinski definition) is 4. The van der Waals surface area contributed by atoms with Crippen LogP contribution < -0.4 is 0 Å². The van der Waals surface area contributed by atoms with Crippen LogP contribution in [-0.2, 0) is 9.53 Å². The summed E-state index contributed by atoms with van der Waals surface area (Å²) in [7, 11) is 0. The first-order valence-electron chi connectivity index (χ1n) is 2.89. The second kappa shape index (κ2) is 2.81. The Labute approximate surface area is 57.7 Å². The SMILES string of the molecule is O=C1OCC(CO)=C1CO. The maximum Gasteiger partial charge on any atom is 0.336 e. The lowest BCUT2D eigenvalue weighted by Gasteiger charge is -1.92. The predicted molar refractivity (Wildman–Crippen MR) is 32.2 cm³/mol. The monoisotopic (exact) mass is 144 g/mol. The molecule has 2 N–H and O–H groups in total. The Balaban J connectivity index is 2.81. The van der Waals surface area contributed by atoms with E-state index in [-0.39, 0.29) is 25.4 Å². The first-order chi connectivity index (χ1) is 4.79. The zero-order chi connectivity index (χ0) is 7.56. The number of aliphatic hydroxyl groups is 2. The number of ether oxygens (including phenoxy) is 1. The number of rotatable bonds is 2. The first-order valence-corrected chi connectivity index (χ1v) is 2.89. The number of hydrogen-bond donors (Lipinski definition) is 2. The largest absolute Gasteiger partial charge is 0.458 e. The molecule has 0 aliphatic carbocycles. The van der Waals surface area contributed by atoms with Crippen molar-refractivity contribution in [1.29, 1.82) is 0 Å². The molecule has 1 rings (SSSR count). The highest BCUT2D eigenvalue weighted by Crippen LogP contribution is 2.13. The Kier molecular flexibility index (Phi) is 2.03. The molecule has 0 saturated heterocycles. The molecule has 4 nitrogen and oxygen atoms in total. The summed E-state index contributed by atoms with van der Waals surface area (Å²) in [6.07, 6.45) is 0. The number of cyclic esters (lactones) is 1. The van der Waals surface area contributed by atoms with Crippen LogP contribution in [0.3, 0.4) is 0 Å². The summed E-state index contributed by atoms with van der Waals surface area (Å²) >= 11 is 0. The number of esters is 1. The fourth-order valence-corrected chi connectivity index (χ4v) is 0.789. The molecule has 0 unspecified atom stereocenters. The quantitative estimate of drug-likeness (QED) is 0.479. The van der Waals surface area contributed by atoms with Gasteiger partial charge in [-0.3, -0.25) is 0 Å². The van der Waals surface area contributed by atoms with Crippen LogP contribution in [0.4, 0.5) is 0 Å². The highest BCUT2D eigenvalue weighted by Gasteiger charge is 2.22. The molecule has 1 aliphatic heterocycles. The van der Waals surface area contributed by atoms with E-state index in [1.807, 2.05) is 0 Å². The molecule has 1 heterocycles. The molecule has 0 aromatic carbocycles. The van der Waals surface area contributed by atoms with E-state index < -0.39 is 5.97 Å². The summed E-state index contributed by atoms with van der Waals surface area (Å²) in [5.74, 6) is -0.522. The lowest BCUT2D eigenvalue weighted by atomic mass is 10.2. The molecular weight excluding hydrogens is 136 g/mol. The van der Waals surface area contributed by atoms with E-state index in [1.54, 1.807) is 0 Å². The van der Waals surface area contributed by atoms with Gasteiger partial charge in [0.25, 0.3) is 0 Å². The molecule has 1 aliphatic rings. The highest BCUT2D eigenvalue weighted by atomic mass is 16.5. The van der Waals surface area contributed by atoms with Crippen molar-refractivity contribution in [1.82, 2.24) is 0 Å². The Bertz CT molecular complexity index is 182. The zero-order valence-electron chi connectivity index (χ0n) is 5.33. The molecule has 0 aromatic heterocycles. The van der Waals surface area contributed by atoms with Gasteiger partial charge in [-0.25, -0.2) is 4.79 Å². The van der Waals surface area contributed by atoms with Crippen LogP contribution in [0.25, 0.3) is 0 Å². The van der Waals surface area contributed by atoms with Crippen LogP contribution in [0.5, 0.6) is 0 Å². The lowest BCUT2D eigenvalue weighted by Crippen LogP contribution is -2.03. The number of carbonyl (C=O) groups excluding carboxylic acids is 1.